The number of nitrogens with zero attached hydrogens (tertiary/aromatic N) is 3. The highest BCUT2D eigenvalue weighted by molar-refractivity contribution is 6.30. The molecule has 2 aromatic heterocycles. The van der Waals surface area contributed by atoms with Gasteiger partial charge in [0.05, 0.1) is 17.3 Å². The van der Waals surface area contributed by atoms with Crippen molar-refractivity contribution in [2.45, 2.75) is 25.8 Å². The van der Waals surface area contributed by atoms with E-state index in [2.05, 4.69) is 10.1 Å². The molecule has 0 bridgehead atoms. The van der Waals surface area contributed by atoms with Crippen molar-refractivity contribution in [1.29, 1.82) is 0 Å². The Morgan fingerprint density at radius 1 is 1.55 bits per heavy atom. The Hall–Kier alpha value is -1.75. The Kier molecular flexibility index (Phi) is 3.53. The summed E-state index contributed by atoms with van der Waals surface area (Å²) in [5.74, 6) is 0.00507. The van der Waals surface area contributed by atoms with Crippen LogP contribution in [0.3, 0.4) is 0 Å². The molecule has 0 aromatic carbocycles. The number of carbonyl (C=O) groups excluding carboxylic acids is 1. The third-order valence-electron chi connectivity index (χ3n) is 3.67. The van der Waals surface area contributed by atoms with Crippen LogP contribution in [-0.4, -0.2) is 38.7 Å². The van der Waals surface area contributed by atoms with E-state index >= 15 is 0 Å². The molecule has 20 heavy (non-hydrogen) atoms. The number of nitrogens with one attached hydrogen (secondary N) is 1. The van der Waals surface area contributed by atoms with Gasteiger partial charge in [0.15, 0.2) is 0 Å². The zero-order valence-electron chi connectivity index (χ0n) is 11.3. The molecule has 3 heterocycles. The van der Waals surface area contributed by atoms with E-state index in [-0.39, 0.29) is 11.9 Å². The molecule has 106 valence electrons. The third-order valence-corrected chi connectivity index (χ3v) is 3.88. The van der Waals surface area contributed by atoms with Crippen molar-refractivity contribution in [1.82, 2.24) is 19.7 Å². The first-order chi connectivity index (χ1) is 9.63. The lowest BCUT2D eigenvalue weighted by Gasteiger charge is -2.32. The van der Waals surface area contributed by atoms with Crippen LogP contribution in [0.25, 0.3) is 0 Å². The molecule has 1 aliphatic heterocycles. The smallest absolute Gasteiger partial charge is 0.270 e. The van der Waals surface area contributed by atoms with Gasteiger partial charge in [0, 0.05) is 25.5 Å². The number of halogens is 1. The van der Waals surface area contributed by atoms with E-state index in [0.29, 0.717) is 17.3 Å². The van der Waals surface area contributed by atoms with Crippen molar-refractivity contribution in [2.24, 2.45) is 0 Å². The zero-order valence-corrected chi connectivity index (χ0v) is 12.1. The third kappa shape index (κ3) is 2.58. The van der Waals surface area contributed by atoms with Gasteiger partial charge in [-0.3, -0.25) is 9.48 Å². The normalized spacial score (nSPS) is 19.3. The number of carbonyl (C=O) groups is 1. The maximum atomic E-state index is 12.4. The van der Waals surface area contributed by atoms with Crippen LogP contribution in [0.15, 0.2) is 24.7 Å². The first kappa shape index (κ1) is 13.2. The number of H-pyrrole nitrogens is 1. The van der Waals surface area contributed by atoms with E-state index in [1.165, 1.54) is 0 Å². The summed E-state index contributed by atoms with van der Waals surface area (Å²) in [4.78, 5) is 17.2. The molecule has 0 aliphatic carbocycles. The minimum absolute atomic E-state index is 0.00507. The highest BCUT2D eigenvalue weighted by Crippen LogP contribution is 2.23. The second-order valence-electron chi connectivity index (χ2n) is 5.28. The van der Waals surface area contributed by atoms with Gasteiger partial charge in [-0.1, -0.05) is 11.6 Å². The molecule has 1 N–H and O–H groups in total. The molecule has 1 aliphatic rings. The summed E-state index contributed by atoms with van der Waals surface area (Å²) in [7, 11) is 0. The Bertz CT molecular complexity index is 618. The molecule has 1 amide bonds. The molecular formula is C14H17ClN4O. The summed E-state index contributed by atoms with van der Waals surface area (Å²) in [5.41, 5.74) is 1.69. The molecule has 3 rings (SSSR count). The summed E-state index contributed by atoms with van der Waals surface area (Å²) in [6, 6.07) is 1.93. The molecular weight excluding hydrogens is 276 g/mol. The van der Waals surface area contributed by atoms with Crippen LogP contribution < -0.4 is 0 Å². The number of piperidine rings is 1. The highest BCUT2D eigenvalue weighted by atomic mass is 35.5. The van der Waals surface area contributed by atoms with E-state index in [1.807, 2.05) is 28.9 Å². The van der Waals surface area contributed by atoms with Crippen molar-refractivity contribution >= 4 is 17.5 Å². The van der Waals surface area contributed by atoms with Crippen LogP contribution in [0.5, 0.6) is 0 Å². The summed E-state index contributed by atoms with van der Waals surface area (Å²) in [6.45, 7) is 3.50. The summed E-state index contributed by atoms with van der Waals surface area (Å²) < 4.78 is 1.97. The van der Waals surface area contributed by atoms with Gasteiger partial charge >= 0.3 is 0 Å². The first-order valence-electron chi connectivity index (χ1n) is 6.77. The minimum Gasteiger partial charge on any atom is -0.356 e. The van der Waals surface area contributed by atoms with E-state index in [9.17, 15) is 4.79 Å². The molecule has 2 aromatic rings. The second-order valence-corrected chi connectivity index (χ2v) is 5.71. The van der Waals surface area contributed by atoms with E-state index in [1.54, 1.807) is 12.3 Å². The average Bonchev–Trinajstić information content (AvgIpc) is 3.07. The number of aromatic nitrogens is 3. The fourth-order valence-corrected chi connectivity index (χ4v) is 2.81. The van der Waals surface area contributed by atoms with Gasteiger partial charge in [0.1, 0.15) is 5.69 Å². The number of aromatic amines is 1. The van der Waals surface area contributed by atoms with E-state index in [0.717, 1.165) is 24.9 Å². The molecule has 5 nitrogen and oxygen atoms in total. The maximum Gasteiger partial charge on any atom is 0.270 e. The second kappa shape index (κ2) is 5.32. The van der Waals surface area contributed by atoms with Gasteiger partial charge in [0.2, 0.25) is 0 Å². The van der Waals surface area contributed by atoms with Crippen LogP contribution in [0.2, 0.25) is 5.02 Å². The summed E-state index contributed by atoms with van der Waals surface area (Å²) >= 11 is 5.85. The van der Waals surface area contributed by atoms with Crippen molar-refractivity contribution in [3.05, 3.63) is 40.9 Å². The fourth-order valence-electron chi connectivity index (χ4n) is 2.65. The fraction of sp³-hybridized carbons (Fsp3) is 0.429. The number of likely N-dealkylation sites (tertiary alicyclic amines) is 1. The predicted molar refractivity (Wildman–Crippen MR) is 76.9 cm³/mol. The Morgan fingerprint density at radius 3 is 3.05 bits per heavy atom. The number of aryl methyl sites for hydroxylation is 1. The van der Waals surface area contributed by atoms with Gasteiger partial charge in [-0.2, -0.15) is 5.10 Å². The van der Waals surface area contributed by atoms with Crippen molar-refractivity contribution in [3.63, 3.8) is 0 Å². The molecule has 6 heteroatoms. The van der Waals surface area contributed by atoms with Crippen LogP contribution >= 0.6 is 11.6 Å². The molecule has 1 fully saturated rings. The summed E-state index contributed by atoms with van der Waals surface area (Å²) in [5, 5.41) is 4.92. The highest BCUT2D eigenvalue weighted by Gasteiger charge is 2.26. The van der Waals surface area contributed by atoms with Crippen LogP contribution in [-0.2, 0) is 0 Å². The number of hydrogen-bond acceptors (Lipinski definition) is 2. The average molecular weight is 293 g/mol. The largest absolute Gasteiger partial charge is 0.356 e. The molecule has 1 saturated heterocycles. The minimum atomic E-state index is 0.00507. The monoisotopic (exact) mass is 292 g/mol. The van der Waals surface area contributed by atoms with Gasteiger partial charge in [-0.05, 0) is 31.4 Å². The lowest BCUT2D eigenvalue weighted by atomic mass is 10.1. The predicted octanol–water partition coefficient (Wildman–Crippen LogP) is 2.65. The first-order valence-corrected chi connectivity index (χ1v) is 7.15. The maximum absolute atomic E-state index is 12.4. The number of amides is 1. The Labute approximate surface area is 122 Å². The van der Waals surface area contributed by atoms with Crippen LogP contribution in [0.4, 0.5) is 0 Å². The molecule has 0 saturated carbocycles. The van der Waals surface area contributed by atoms with Crippen molar-refractivity contribution < 1.29 is 4.79 Å². The molecule has 0 spiro atoms. The SMILES string of the molecule is Cc1cnn([C@@H]2CCCN(C(=O)c3cc(Cl)c[nH]3)C2)c1. The number of rotatable bonds is 2. The quantitative estimate of drug-likeness (QED) is 0.925. The standard InChI is InChI=1S/C14H17ClN4O/c1-10-6-17-19(8-10)12-3-2-4-18(9-12)14(20)13-5-11(15)7-16-13/h5-8,12,16H,2-4,9H2,1H3/t12-/m1/s1. The zero-order chi connectivity index (χ0) is 14.1. The number of hydrogen-bond donors (Lipinski definition) is 1. The topological polar surface area (TPSA) is 53.9 Å². The Balaban J connectivity index is 1.73. The van der Waals surface area contributed by atoms with Crippen molar-refractivity contribution in [2.75, 3.05) is 13.1 Å². The van der Waals surface area contributed by atoms with Crippen LogP contribution in [0.1, 0.15) is 34.9 Å². The Morgan fingerprint density at radius 2 is 2.40 bits per heavy atom. The van der Waals surface area contributed by atoms with E-state index < -0.39 is 0 Å². The molecule has 0 radical (unpaired) electrons. The summed E-state index contributed by atoms with van der Waals surface area (Å²) in [6.07, 6.45) is 7.56. The molecule has 1 atom stereocenters. The van der Waals surface area contributed by atoms with Crippen LogP contribution in [0, 0.1) is 6.92 Å². The van der Waals surface area contributed by atoms with Gasteiger partial charge in [-0.15, -0.1) is 0 Å². The van der Waals surface area contributed by atoms with Gasteiger partial charge in [-0.25, -0.2) is 0 Å². The van der Waals surface area contributed by atoms with Crippen molar-refractivity contribution in [3.8, 4) is 0 Å². The lowest BCUT2D eigenvalue weighted by Crippen LogP contribution is -2.41. The lowest BCUT2D eigenvalue weighted by molar-refractivity contribution is 0.0667. The molecule has 0 unspecified atom stereocenters. The van der Waals surface area contributed by atoms with Gasteiger partial charge < -0.3 is 9.88 Å². The van der Waals surface area contributed by atoms with Gasteiger partial charge in [0.25, 0.3) is 5.91 Å². The van der Waals surface area contributed by atoms with E-state index in [4.69, 9.17) is 11.6 Å².